The lowest BCUT2D eigenvalue weighted by Crippen LogP contribution is -2.44. The second-order valence-electron chi connectivity index (χ2n) is 5.09. The first-order chi connectivity index (χ1) is 9.33. The molecule has 4 heteroatoms. The van der Waals surface area contributed by atoms with E-state index in [4.69, 9.17) is 4.74 Å². The largest absolute Gasteiger partial charge is 0.378 e. The summed E-state index contributed by atoms with van der Waals surface area (Å²) >= 11 is 0. The third-order valence-corrected chi connectivity index (χ3v) is 3.59. The molecule has 1 saturated heterocycles. The van der Waals surface area contributed by atoms with E-state index in [1.54, 1.807) is 0 Å². The highest BCUT2D eigenvalue weighted by Crippen LogP contribution is 2.15. The Morgan fingerprint density at radius 3 is 3.00 bits per heavy atom. The molecule has 1 unspecified atom stereocenters. The summed E-state index contributed by atoms with van der Waals surface area (Å²) in [6.45, 7) is 9.07. The third-order valence-electron chi connectivity index (χ3n) is 3.59. The van der Waals surface area contributed by atoms with Crippen LogP contribution in [-0.4, -0.2) is 42.2 Å². The number of hydrogen-bond acceptors (Lipinski definition) is 4. The highest BCUT2D eigenvalue weighted by Gasteiger charge is 2.21. The maximum atomic E-state index is 5.54. The van der Waals surface area contributed by atoms with Gasteiger partial charge in [-0.05, 0) is 24.5 Å². The zero-order valence-corrected chi connectivity index (χ0v) is 12.1. The summed E-state index contributed by atoms with van der Waals surface area (Å²) in [5.41, 5.74) is 1.28. The predicted octanol–water partition coefficient (Wildman–Crippen LogP) is 2.51. The molecule has 0 spiro atoms. The highest BCUT2D eigenvalue weighted by atomic mass is 16.5. The molecule has 1 fully saturated rings. The number of hydrogen-bond donors (Lipinski definition) is 1. The van der Waals surface area contributed by atoms with E-state index in [2.05, 4.69) is 41.2 Å². The van der Waals surface area contributed by atoms with E-state index >= 15 is 0 Å². The van der Waals surface area contributed by atoms with Crippen molar-refractivity contribution in [2.45, 2.75) is 39.3 Å². The minimum absolute atomic E-state index is 0.548. The molecule has 0 aromatic carbocycles. The van der Waals surface area contributed by atoms with Gasteiger partial charge in [0.25, 0.3) is 0 Å². The van der Waals surface area contributed by atoms with Crippen LogP contribution in [0.2, 0.25) is 0 Å². The Balaban J connectivity index is 1.90. The molecule has 1 atom stereocenters. The summed E-state index contributed by atoms with van der Waals surface area (Å²) in [4.78, 5) is 6.96. The van der Waals surface area contributed by atoms with Gasteiger partial charge in [-0.25, -0.2) is 4.98 Å². The molecule has 1 aromatic heterocycles. The van der Waals surface area contributed by atoms with Crippen LogP contribution in [0.3, 0.4) is 0 Å². The molecule has 1 aromatic rings. The van der Waals surface area contributed by atoms with Crippen LogP contribution >= 0.6 is 0 Å². The molecule has 1 aliphatic rings. The molecule has 0 bridgehead atoms. The Bertz CT molecular complexity index is 366. The molecule has 2 heterocycles. The van der Waals surface area contributed by atoms with Gasteiger partial charge in [0.2, 0.25) is 0 Å². The minimum atomic E-state index is 0.548. The molecule has 19 heavy (non-hydrogen) atoms. The minimum Gasteiger partial charge on any atom is -0.378 e. The van der Waals surface area contributed by atoms with Gasteiger partial charge in [0.15, 0.2) is 0 Å². The van der Waals surface area contributed by atoms with Crippen molar-refractivity contribution in [1.29, 1.82) is 0 Å². The average Bonchev–Trinajstić information content (AvgIpc) is 2.47. The Kier molecular flexibility index (Phi) is 5.61. The number of nitrogens with zero attached hydrogens (tertiary/aromatic N) is 2. The second-order valence-corrected chi connectivity index (χ2v) is 5.09. The SMILES string of the molecule is CCCNc1ccc(CN2CCOCC2CC)cn1. The topological polar surface area (TPSA) is 37.4 Å². The maximum absolute atomic E-state index is 5.54. The van der Waals surface area contributed by atoms with Crippen LogP contribution < -0.4 is 5.32 Å². The van der Waals surface area contributed by atoms with Gasteiger partial charge < -0.3 is 10.1 Å². The molecule has 2 rings (SSSR count). The van der Waals surface area contributed by atoms with Crippen molar-refractivity contribution >= 4 is 5.82 Å². The van der Waals surface area contributed by atoms with Crippen LogP contribution in [0.5, 0.6) is 0 Å². The lowest BCUT2D eigenvalue weighted by molar-refractivity contribution is -0.0127. The third kappa shape index (κ3) is 4.18. The Labute approximate surface area is 116 Å². The van der Waals surface area contributed by atoms with Crippen molar-refractivity contribution in [3.8, 4) is 0 Å². The number of pyridine rings is 1. The first-order valence-electron chi connectivity index (χ1n) is 7.34. The zero-order valence-electron chi connectivity index (χ0n) is 12.1. The molecular formula is C15H25N3O. The van der Waals surface area contributed by atoms with E-state index < -0.39 is 0 Å². The van der Waals surface area contributed by atoms with Gasteiger partial charge in [-0.15, -0.1) is 0 Å². The van der Waals surface area contributed by atoms with Crippen molar-refractivity contribution in [2.75, 3.05) is 31.6 Å². The first-order valence-corrected chi connectivity index (χ1v) is 7.34. The fraction of sp³-hybridized carbons (Fsp3) is 0.667. The lowest BCUT2D eigenvalue weighted by Gasteiger charge is -2.34. The molecule has 0 saturated carbocycles. The van der Waals surface area contributed by atoms with Gasteiger partial charge in [0.05, 0.1) is 13.2 Å². The zero-order chi connectivity index (χ0) is 13.5. The predicted molar refractivity (Wildman–Crippen MR) is 78.3 cm³/mol. The smallest absolute Gasteiger partial charge is 0.125 e. The van der Waals surface area contributed by atoms with Gasteiger partial charge in [-0.1, -0.05) is 19.9 Å². The fourth-order valence-electron chi connectivity index (χ4n) is 2.38. The van der Waals surface area contributed by atoms with Crippen molar-refractivity contribution in [2.24, 2.45) is 0 Å². The number of morpholine rings is 1. The van der Waals surface area contributed by atoms with E-state index in [0.29, 0.717) is 6.04 Å². The molecule has 0 radical (unpaired) electrons. The summed E-state index contributed by atoms with van der Waals surface area (Å²) < 4.78 is 5.54. The van der Waals surface area contributed by atoms with Gasteiger partial charge in [0.1, 0.15) is 5.82 Å². The summed E-state index contributed by atoms with van der Waals surface area (Å²) in [5.74, 6) is 0.972. The number of aromatic nitrogens is 1. The molecule has 0 aliphatic carbocycles. The van der Waals surface area contributed by atoms with Crippen LogP contribution in [0.1, 0.15) is 32.3 Å². The molecule has 0 amide bonds. The average molecular weight is 263 g/mol. The Hall–Kier alpha value is -1.13. The number of ether oxygens (including phenoxy) is 1. The van der Waals surface area contributed by atoms with Gasteiger partial charge in [-0.2, -0.15) is 0 Å². The van der Waals surface area contributed by atoms with Crippen LogP contribution in [0, 0.1) is 0 Å². The molecule has 106 valence electrons. The number of anilines is 1. The fourth-order valence-corrected chi connectivity index (χ4v) is 2.38. The highest BCUT2D eigenvalue weighted by molar-refractivity contribution is 5.35. The maximum Gasteiger partial charge on any atom is 0.125 e. The van der Waals surface area contributed by atoms with E-state index in [1.807, 2.05) is 6.20 Å². The van der Waals surface area contributed by atoms with Gasteiger partial charge >= 0.3 is 0 Å². The quantitative estimate of drug-likeness (QED) is 0.856. The molecule has 1 N–H and O–H groups in total. The van der Waals surface area contributed by atoms with Crippen LogP contribution in [0.15, 0.2) is 18.3 Å². The molecule has 1 aliphatic heterocycles. The summed E-state index contributed by atoms with van der Waals surface area (Å²) in [7, 11) is 0. The van der Waals surface area contributed by atoms with E-state index in [-0.39, 0.29) is 0 Å². The lowest BCUT2D eigenvalue weighted by atomic mass is 10.1. The van der Waals surface area contributed by atoms with Crippen molar-refractivity contribution < 1.29 is 4.74 Å². The standard InChI is InChI=1S/C15H25N3O/c1-3-7-16-15-6-5-13(10-17-15)11-18-8-9-19-12-14(18)4-2/h5-6,10,14H,3-4,7-9,11-12H2,1-2H3,(H,16,17). The Morgan fingerprint density at radius 2 is 2.32 bits per heavy atom. The summed E-state index contributed by atoms with van der Waals surface area (Å²) in [6, 6.07) is 4.80. The van der Waals surface area contributed by atoms with Crippen molar-refractivity contribution in [3.63, 3.8) is 0 Å². The van der Waals surface area contributed by atoms with E-state index in [1.165, 1.54) is 5.56 Å². The number of rotatable bonds is 6. The summed E-state index contributed by atoms with van der Waals surface area (Å²) in [5, 5.41) is 3.30. The van der Waals surface area contributed by atoms with E-state index in [9.17, 15) is 0 Å². The number of nitrogens with one attached hydrogen (secondary N) is 1. The molecule has 4 nitrogen and oxygen atoms in total. The van der Waals surface area contributed by atoms with Crippen LogP contribution in [0.25, 0.3) is 0 Å². The van der Waals surface area contributed by atoms with Crippen molar-refractivity contribution in [1.82, 2.24) is 9.88 Å². The first kappa shape index (κ1) is 14.3. The Morgan fingerprint density at radius 1 is 1.42 bits per heavy atom. The van der Waals surface area contributed by atoms with E-state index in [0.717, 1.165) is 51.5 Å². The summed E-state index contributed by atoms with van der Waals surface area (Å²) in [6.07, 6.45) is 4.25. The van der Waals surface area contributed by atoms with Gasteiger partial charge in [-0.3, -0.25) is 4.90 Å². The monoisotopic (exact) mass is 263 g/mol. The normalized spacial score (nSPS) is 20.4. The van der Waals surface area contributed by atoms with Crippen molar-refractivity contribution in [3.05, 3.63) is 23.9 Å². The van der Waals surface area contributed by atoms with Gasteiger partial charge in [0, 0.05) is 31.9 Å². The van der Waals surface area contributed by atoms with Crippen LogP contribution in [-0.2, 0) is 11.3 Å². The molecular weight excluding hydrogens is 238 g/mol. The van der Waals surface area contributed by atoms with Crippen LogP contribution in [0.4, 0.5) is 5.82 Å². The second kappa shape index (κ2) is 7.46.